The number of benzene rings is 2. The van der Waals surface area contributed by atoms with E-state index < -0.39 is 65.5 Å². The number of aromatic carboxylic acids is 2. The third-order valence-electron chi connectivity index (χ3n) is 3.12. The van der Waals surface area contributed by atoms with Crippen molar-refractivity contribution in [3.8, 4) is 0 Å². The van der Waals surface area contributed by atoms with Crippen molar-refractivity contribution in [3.63, 3.8) is 0 Å². The molecule has 0 fully saturated rings. The Hall–Kier alpha value is -3.76. The molecule has 2 aromatic rings. The molecule has 31 heavy (non-hydrogen) atoms. The number of non-ortho nitro benzene ring substituents is 4. The van der Waals surface area contributed by atoms with Crippen molar-refractivity contribution in [2.75, 3.05) is 0 Å². The molecule has 2 rings (SSSR count). The van der Waals surface area contributed by atoms with Crippen molar-refractivity contribution in [2.24, 2.45) is 0 Å². The summed E-state index contributed by atoms with van der Waals surface area (Å²) in [5.74, 6) is -3.41. The molecule has 0 saturated carbocycles. The molecule has 0 amide bonds. The number of hydrogen-bond acceptors (Lipinski definition) is 12. The van der Waals surface area contributed by atoms with E-state index in [4.69, 9.17) is 0 Å². The van der Waals surface area contributed by atoms with Crippen molar-refractivity contribution in [2.45, 2.75) is 0 Å². The van der Waals surface area contributed by atoms with Gasteiger partial charge in [0.05, 0.1) is 43.8 Å². The number of nitro groups is 4. The van der Waals surface area contributed by atoms with Gasteiger partial charge < -0.3 is 19.8 Å². The molecular formula is C14H6CaN4O12. The van der Waals surface area contributed by atoms with E-state index in [9.17, 15) is 60.3 Å². The normalized spacial score (nSPS) is 9.29. The van der Waals surface area contributed by atoms with Crippen molar-refractivity contribution < 1.29 is 39.5 Å². The zero-order valence-electron chi connectivity index (χ0n) is 14.9. The van der Waals surface area contributed by atoms with E-state index in [2.05, 4.69) is 0 Å². The quantitative estimate of drug-likeness (QED) is 0.295. The molecule has 0 bridgehead atoms. The van der Waals surface area contributed by atoms with Gasteiger partial charge in [-0.2, -0.15) is 0 Å². The first kappa shape index (κ1) is 27.2. The molecule has 0 atom stereocenters. The average Bonchev–Trinajstić information content (AvgIpc) is 2.67. The van der Waals surface area contributed by atoms with Crippen LogP contribution in [-0.4, -0.2) is 69.4 Å². The van der Waals surface area contributed by atoms with Crippen LogP contribution in [-0.2, 0) is 0 Å². The van der Waals surface area contributed by atoms with Crippen LogP contribution in [0, 0.1) is 40.5 Å². The second-order valence-corrected chi connectivity index (χ2v) is 5.08. The number of carbonyl (C=O) groups excluding carboxylic acids is 2. The molecule has 0 spiro atoms. The second kappa shape index (κ2) is 11.4. The number of carboxylic acids is 2. The van der Waals surface area contributed by atoms with E-state index in [1.54, 1.807) is 0 Å². The minimum absolute atomic E-state index is 0. The summed E-state index contributed by atoms with van der Waals surface area (Å²) in [6.45, 7) is 0. The monoisotopic (exact) mass is 462 g/mol. The number of nitro benzene ring substituents is 4. The molecule has 0 saturated heterocycles. The van der Waals surface area contributed by atoms with Crippen LogP contribution in [0.5, 0.6) is 0 Å². The Kier molecular flexibility index (Phi) is 10.0. The van der Waals surface area contributed by atoms with Crippen molar-refractivity contribution in [3.05, 3.63) is 88.0 Å². The van der Waals surface area contributed by atoms with Gasteiger partial charge >= 0.3 is 37.7 Å². The Balaban J connectivity index is 0.000000562. The average molecular weight is 462 g/mol. The fourth-order valence-electron chi connectivity index (χ4n) is 1.85. The molecule has 0 unspecified atom stereocenters. The van der Waals surface area contributed by atoms with Gasteiger partial charge in [0, 0.05) is 35.4 Å². The fourth-order valence-corrected chi connectivity index (χ4v) is 1.85. The maximum absolute atomic E-state index is 10.4. The van der Waals surface area contributed by atoms with Crippen LogP contribution >= 0.6 is 0 Å². The Morgan fingerprint density at radius 3 is 0.839 bits per heavy atom. The Bertz CT molecular complexity index is 843. The van der Waals surface area contributed by atoms with Gasteiger partial charge in [-0.15, -0.1) is 0 Å². The van der Waals surface area contributed by atoms with Gasteiger partial charge in [-0.25, -0.2) is 0 Å². The topological polar surface area (TPSA) is 253 Å². The van der Waals surface area contributed by atoms with Crippen molar-refractivity contribution in [1.82, 2.24) is 0 Å². The zero-order valence-corrected chi connectivity index (χ0v) is 17.1. The van der Waals surface area contributed by atoms with Crippen LogP contribution in [0.1, 0.15) is 20.7 Å². The maximum Gasteiger partial charge on any atom is 2.00 e. The number of hydrogen-bond donors (Lipinski definition) is 0. The first-order valence-electron chi connectivity index (χ1n) is 7.14. The minimum atomic E-state index is -1.71. The van der Waals surface area contributed by atoms with E-state index in [1.807, 2.05) is 0 Å². The Labute approximate surface area is 199 Å². The molecule has 0 aliphatic rings. The molecule has 0 heterocycles. The van der Waals surface area contributed by atoms with Crippen LogP contribution in [0.15, 0.2) is 36.4 Å². The molecule has 0 radical (unpaired) electrons. The smallest absolute Gasteiger partial charge is 0.545 e. The molecule has 156 valence electrons. The summed E-state index contributed by atoms with van der Waals surface area (Å²) in [4.78, 5) is 58.4. The summed E-state index contributed by atoms with van der Waals surface area (Å²) >= 11 is 0. The number of carbonyl (C=O) groups is 2. The van der Waals surface area contributed by atoms with Crippen LogP contribution < -0.4 is 10.2 Å². The summed E-state index contributed by atoms with van der Waals surface area (Å²) in [5, 5.41) is 62.1. The van der Waals surface area contributed by atoms with Crippen molar-refractivity contribution in [1.29, 1.82) is 0 Å². The van der Waals surface area contributed by atoms with Crippen LogP contribution in [0.4, 0.5) is 22.7 Å². The second-order valence-electron chi connectivity index (χ2n) is 5.08. The maximum atomic E-state index is 10.4. The van der Waals surface area contributed by atoms with Crippen LogP contribution in [0.25, 0.3) is 0 Å². The summed E-state index contributed by atoms with van der Waals surface area (Å²) < 4.78 is 0. The molecule has 0 aliphatic heterocycles. The minimum Gasteiger partial charge on any atom is -0.545 e. The molecule has 0 aromatic heterocycles. The van der Waals surface area contributed by atoms with Gasteiger partial charge in [0.1, 0.15) is 0 Å². The van der Waals surface area contributed by atoms with Crippen molar-refractivity contribution >= 4 is 72.4 Å². The predicted molar refractivity (Wildman–Crippen MR) is 93.9 cm³/mol. The molecule has 0 aliphatic carbocycles. The van der Waals surface area contributed by atoms with E-state index >= 15 is 0 Å². The largest absolute Gasteiger partial charge is 2.00 e. The summed E-state index contributed by atoms with van der Waals surface area (Å²) in [6.07, 6.45) is 0. The molecule has 16 nitrogen and oxygen atoms in total. The first-order valence-corrected chi connectivity index (χ1v) is 7.14. The third-order valence-corrected chi connectivity index (χ3v) is 3.12. The summed E-state index contributed by atoms with van der Waals surface area (Å²) in [7, 11) is 0. The van der Waals surface area contributed by atoms with E-state index in [0.29, 0.717) is 36.4 Å². The number of rotatable bonds is 6. The SMILES string of the molecule is O=C([O-])c1cc([N+](=O)[O-])cc([N+](=O)[O-])c1.O=C([O-])c1cc([N+](=O)[O-])cc([N+](=O)[O-])c1.[Ca+2]. The first-order chi connectivity index (χ1) is 13.8. The van der Waals surface area contributed by atoms with Gasteiger partial charge in [-0.05, 0) is 0 Å². The van der Waals surface area contributed by atoms with E-state index in [0.717, 1.165) is 0 Å². The fraction of sp³-hybridized carbons (Fsp3) is 0. The number of carboxylic acid groups (broad SMARTS) is 2. The van der Waals surface area contributed by atoms with Crippen LogP contribution in [0.2, 0.25) is 0 Å². The van der Waals surface area contributed by atoms with Gasteiger partial charge in [-0.1, -0.05) is 0 Å². The summed E-state index contributed by atoms with van der Waals surface area (Å²) in [5.41, 5.74) is -3.86. The van der Waals surface area contributed by atoms with Crippen LogP contribution in [0.3, 0.4) is 0 Å². The predicted octanol–water partition coefficient (Wildman–Crippen LogP) is -0.648. The zero-order chi connectivity index (χ0) is 23.2. The standard InChI is InChI=1S/2C7H4N2O6.Ca/c2*10-7(11)4-1-5(8(12)13)3-6(2-4)9(14)15;/h2*1-3H,(H,10,11);/q;;+2/p-2. The van der Waals surface area contributed by atoms with Gasteiger partial charge in [0.15, 0.2) is 0 Å². The molecule has 0 N–H and O–H groups in total. The summed E-state index contributed by atoms with van der Waals surface area (Å²) in [6, 6.07) is 4.13. The Morgan fingerprint density at radius 1 is 0.516 bits per heavy atom. The number of nitrogens with zero attached hydrogens (tertiary/aromatic N) is 4. The van der Waals surface area contributed by atoms with E-state index in [-0.39, 0.29) is 37.7 Å². The van der Waals surface area contributed by atoms with Gasteiger partial charge in [-0.3, -0.25) is 40.5 Å². The molecule has 17 heteroatoms. The molecule has 2 aromatic carbocycles. The molecular weight excluding hydrogens is 456 g/mol. The van der Waals surface area contributed by atoms with Gasteiger partial charge in [0.25, 0.3) is 22.7 Å². The van der Waals surface area contributed by atoms with Gasteiger partial charge in [0.2, 0.25) is 0 Å². The Morgan fingerprint density at radius 2 is 0.710 bits per heavy atom. The van der Waals surface area contributed by atoms with E-state index in [1.165, 1.54) is 0 Å². The third kappa shape index (κ3) is 7.88.